The van der Waals surface area contributed by atoms with Crippen molar-refractivity contribution < 1.29 is 5.11 Å². The molecular formula is C12H19N3O. The van der Waals surface area contributed by atoms with Gasteiger partial charge in [0.15, 0.2) is 0 Å². The van der Waals surface area contributed by atoms with Crippen molar-refractivity contribution in [3.05, 3.63) is 23.4 Å². The lowest BCUT2D eigenvalue weighted by molar-refractivity contribution is 0.145. The minimum atomic E-state index is -0.143. The van der Waals surface area contributed by atoms with Crippen LogP contribution in [0.2, 0.25) is 0 Å². The Balaban J connectivity index is 2.16. The molecule has 1 saturated heterocycles. The SMILES string of the molecule is Cc1cc(CN)cc(N2CCC(O)CC2)n1. The van der Waals surface area contributed by atoms with Gasteiger partial charge in [0, 0.05) is 25.3 Å². The molecule has 0 amide bonds. The van der Waals surface area contributed by atoms with Crippen molar-refractivity contribution in [3.63, 3.8) is 0 Å². The highest BCUT2D eigenvalue weighted by atomic mass is 16.3. The molecule has 0 bridgehead atoms. The van der Waals surface area contributed by atoms with Crippen molar-refractivity contribution in [1.82, 2.24) is 4.98 Å². The fourth-order valence-corrected chi connectivity index (χ4v) is 2.10. The van der Waals surface area contributed by atoms with E-state index in [1.165, 1.54) is 0 Å². The number of hydrogen-bond acceptors (Lipinski definition) is 4. The highest BCUT2D eigenvalue weighted by Crippen LogP contribution is 2.19. The molecule has 0 spiro atoms. The van der Waals surface area contributed by atoms with Crippen molar-refractivity contribution in [2.45, 2.75) is 32.4 Å². The molecule has 1 aliphatic rings. The zero-order valence-corrected chi connectivity index (χ0v) is 9.69. The van der Waals surface area contributed by atoms with Gasteiger partial charge < -0.3 is 15.7 Å². The number of anilines is 1. The Morgan fingerprint density at radius 3 is 2.75 bits per heavy atom. The lowest BCUT2D eigenvalue weighted by Gasteiger charge is -2.30. The molecule has 88 valence electrons. The number of hydrogen-bond donors (Lipinski definition) is 2. The van der Waals surface area contributed by atoms with E-state index >= 15 is 0 Å². The maximum absolute atomic E-state index is 9.46. The Labute approximate surface area is 96.1 Å². The quantitative estimate of drug-likeness (QED) is 0.776. The van der Waals surface area contributed by atoms with E-state index in [1.54, 1.807) is 0 Å². The van der Waals surface area contributed by atoms with Crippen LogP contribution in [-0.4, -0.2) is 29.3 Å². The van der Waals surface area contributed by atoms with Gasteiger partial charge in [-0.05, 0) is 37.5 Å². The number of aryl methyl sites for hydroxylation is 1. The van der Waals surface area contributed by atoms with Gasteiger partial charge in [-0.3, -0.25) is 0 Å². The molecule has 2 rings (SSSR count). The monoisotopic (exact) mass is 221 g/mol. The van der Waals surface area contributed by atoms with Crippen LogP contribution in [0.15, 0.2) is 12.1 Å². The van der Waals surface area contributed by atoms with Gasteiger partial charge in [-0.2, -0.15) is 0 Å². The number of nitrogens with two attached hydrogens (primary N) is 1. The molecule has 1 aromatic rings. The number of nitrogens with zero attached hydrogens (tertiary/aromatic N) is 2. The molecule has 0 atom stereocenters. The maximum atomic E-state index is 9.46. The van der Waals surface area contributed by atoms with E-state index < -0.39 is 0 Å². The van der Waals surface area contributed by atoms with Crippen molar-refractivity contribution in [2.75, 3.05) is 18.0 Å². The second-order valence-corrected chi connectivity index (χ2v) is 4.40. The third kappa shape index (κ3) is 2.51. The molecule has 1 fully saturated rings. The molecule has 4 heteroatoms. The Hall–Kier alpha value is -1.13. The summed E-state index contributed by atoms with van der Waals surface area (Å²) in [5.41, 5.74) is 7.78. The van der Waals surface area contributed by atoms with Gasteiger partial charge in [-0.15, -0.1) is 0 Å². The van der Waals surface area contributed by atoms with Crippen LogP contribution >= 0.6 is 0 Å². The highest BCUT2D eigenvalue weighted by molar-refractivity contribution is 5.43. The van der Waals surface area contributed by atoms with Crippen LogP contribution in [-0.2, 0) is 6.54 Å². The first-order valence-electron chi connectivity index (χ1n) is 5.79. The second-order valence-electron chi connectivity index (χ2n) is 4.40. The number of piperidine rings is 1. The minimum absolute atomic E-state index is 0.143. The maximum Gasteiger partial charge on any atom is 0.129 e. The van der Waals surface area contributed by atoms with Crippen LogP contribution in [0, 0.1) is 6.92 Å². The van der Waals surface area contributed by atoms with Crippen molar-refractivity contribution in [2.24, 2.45) is 5.73 Å². The summed E-state index contributed by atoms with van der Waals surface area (Å²) in [5.74, 6) is 0.993. The Bertz CT molecular complexity index is 359. The van der Waals surface area contributed by atoms with Gasteiger partial charge in [0.25, 0.3) is 0 Å². The van der Waals surface area contributed by atoms with Crippen LogP contribution in [0.1, 0.15) is 24.1 Å². The fraction of sp³-hybridized carbons (Fsp3) is 0.583. The van der Waals surface area contributed by atoms with Gasteiger partial charge in [0.1, 0.15) is 5.82 Å². The molecule has 1 aliphatic heterocycles. The van der Waals surface area contributed by atoms with Crippen LogP contribution in [0.3, 0.4) is 0 Å². The van der Waals surface area contributed by atoms with E-state index in [1.807, 2.05) is 19.1 Å². The standard InChI is InChI=1S/C12H19N3O/c1-9-6-10(8-13)7-12(14-9)15-4-2-11(16)3-5-15/h6-7,11,16H,2-5,8,13H2,1H3. The molecule has 3 N–H and O–H groups in total. The molecular weight excluding hydrogens is 202 g/mol. The molecule has 4 nitrogen and oxygen atoms in total. The number of aromatic nitrogens is 1. The smallest absolute Gasteiger partial charge is 0.129 e. The van der Waals surface area contributed by atoms with Crippen molar-refractivity contribution in [3.8, 4) is 0 Å². The molecule has 0 saturated carbocycles. The fourth-order valence-electron chi connectivity index (χ4n) is 2.10. The largest absolute Gasteiger partial charge is 0.393 e. The van der Waals surface area contributed by atoms with Crippen molar-refractivity contribution in [1.29, 1.82) is 0 Å². The topological polar surface area (TPSA) is 62.4 Å². The summed E-state index contributed by atoms with van der Waals surface area (Å²) >= 11 is 0. The average Bonchev–Trinajstić information content (AvgIpc) is 2.29. The molecule has 0 unspecified atom stereocenters. The van der Waals surface area contributed by atoms with Crippen LogP contribution < -0.4 is 10.6 Å². The Morgan fingerprint density at radius 1 is 1.44 bits per heavy atom. The first kappa shape index (κ1) is 11.4. The number of aliphatic hydroxyl groups is 1. The lowest BCUT2D eigenvalue weighted by atomic mass is 10.1. The van der Waals surface area contributed by atoms with Gasteiger partial charge in [0.05, 0.1) is 6.10 Å². The predicted molar refractivity (Wildman–Crippen MR) is 64.3 cm³/mol. The van der Waals surface area contributed by atoms with Crippen LogP contribution in [0.4, 0.5) is 5.82 Å². The van der Waals surface area contributed by atoms with E-state index in [4.69, 9.17) is 5.73 Å². The number of pyridine rings is 1. The average molecular weight is 221 g/mol. The minimum Gasteiger partial charge on any atom is -0.393 e. The van der Waals surface area contributed by atoms with Crippen LogP contribution in [0.5, 0.6) is 0 Å². The summed E-state index contributed by atoms with van der Waals surface area (Å²) in [6.45, 7) is 4.29. The van der Waals surface area contributed by atoms with Gasteiger partial charge in [-0.25, -0.2) is 4.98 Å². The molecule has 16 heavy (non-hydrogen) atoms. The van der Waals surface area contributed by atoms with Crippen molar-refractivity contribution >= 4 is 5.82 Å². The van der Waals surface area contributed by atoms with E-state index in [0.29, 0.717) is 6.54 Å². The van der Waals surface area contributed by atoms with Gasteiger partial charge in [0.2, 0.25) is 0 Å². The van der Waals surface area contributed by atoms with E-state index in [-0.39, 0.29) is 6.10 Å². The Morgan fingerprint density at radius 2 is 2.12 bits per heavy atom. The van der Waals surface area contributed by atoms with Gasteiger partial charge in [-0.1, -0.05) is 0 Å². The summed E-state index contributed by atoms with van der Waals surface area (Å²) in [6.07, 6.45) is 1.51. The summed E-state index contributed by atoms with van der Waals surface area (Å²) in [4.78, 5) is 6.74. The second kappa shape index (κ2) is 4.80. The van der Waals surface area contributed by atoms with Gasteiger partial charge >= 0.3 is 0 Å². The third-order valence-corrected chi connectivity index (χ3v) is 3.02. The molecule has 2 heterocycles. The number of aliphatic hydroxyl groups excluding tert-OH is 1. The van der Waals surface area contributed by atoms with E-state index in [9.17, 15) is 5.11 Å². The van der Waals surface area contributed by atoms with E-state index in [2.05, 4.69) is 9.88 Å². The zero-order valence-electron chi connectivity index (χ0n) is 9.69. The summed E-state index contributed by atoms with van der Waals surface area (Å²) in [5, 5.41) is 9.46. The predicted octanol–water partition coefficient (Wildman–Crippen LogP) is 0.810. The number of rotatable bonds is 2. The highest BCUT2D eigenvalue weighted by Gasteiger charge is 2.18. The van der Waals surface area contributed by atoms with E-state index in [0.717, 1.165) is 43.0 Å². The molecule has 0 radical (unpaired) electrons. The summed E-state index contributed by atoms with van der Waals surface area (Å²) < 4.78 is 0. The Kier molecular flexibility index (Phi) is 3.41. The normalized spacial score (nSPS) is 17.8. The van der Waals surface area contributed by atoms with Crippen LogP contribution in [0.25, 0.3) is 0 Å². The lowest BCUT2D eigenvalue weighted by Crippen LogP contribution is -2.36. The zero-order chi connectivity index (χ0) is 11.5. The third-order valence-electron chi connectivity index (χ3n) is 3.02. The first-order valence-corrected chi connectivity index (χ1v) is 5.79. The summed E-state index contributed by atoms with van der Waals surface area (Å²) in [7, 11) is 0. The summed E-state index contributed by atoms with van der Waals surface area (Å²) in [6, 6.07) is 4.06. The molecule has 0 aromatic carbocycles. The molecule has 0 aliphatic carbocycles. The molecule has 1 aromatic heterocycles. The first-order chi connectivity index (χ1) is 7.69.